The van der Waals surface area contributed by atoms with Gasteiger partial charge in [-0.15, -0.1) is 0 Å². The second-order valence-electron chi connectivity index (χ2n) is 4.49. The van der Waals surface area contributed by atoms with Crippen LogP contribution >= 0.6 is 11.6 Å². The van der Waals surface area contributed by atoms with Gasteiger partial charge in [0.05, 0.1) is 17.2 Å². The van der Waals surface area contributed by atoms with E-state index in [1.165, 1.54) is 0 Å². The summed E-state index contributed by atoms with van der Waals surface area (Å²) in [7, 11) is 0. The van der Waals surface area contributed by atoms with Gasteiger partial charge in [0, 0.05) is 11.1 Å². The minimum atomic E-state index is -0.740. The molecule has 1 aliphatic rings. The van der Waals surface area contributed by atoms with Gasteiger partial charge < -0.3 is 10.4 Å². The molecule has 0 saturated heterocycles. The lowest BCUT2D eigenvalue weighted by Gasteiger charge is -2.15. The van der Waals surface area contributed by atoms with Gasteiger partial charge >= 0.3 is 5.97 Å². The lowest BCUT2D eigenvalue weighted by molar-refractivity contribution is -0.141. The Labute approximate surface area is 110 Å². The predicted octanol–water partition coefficient (Wildman–Crippen LogP) is 2.88. The third kappa shape index (κ3) is 2.74. The summed E-state index contributed by atoms with van der Waals surface area (Å²) in [6.45, 7) is 0. The highest BCUT2D eigenvalue weighted by molar-refractivity contribution is 6.30. The van der Waals surface area contributed by atoms with Crippen molar-refractivity contribution in [2.24, 2.45) is 5.92 Å². The Kier molecular flexibility index (Phi) is 3.73. The van der Waals surface area contributed by atoms with Gasteiger partial charge in [-0.1, -0.05) is 11.6 Å². The van der Waals surface area contributed by atoms with E-state index in [0.717, 1.165) is 12.1 Å². The molecule has 0 radical (unpaired) electrons. The summed E-state index contributed by atoms with van der Waals surface area (Å²) >= 11 is 5.82. The zero-order valence-corrected chi connectivity index (χ0v) is 10.4. The zero-order valence-electron chi connectivity index (χ0n) is 9.69. The van der Waals surface area contributed by atoms with Crippen LogP contribution in [0.3, 0.4) is 0 Å². The Morgan fingerprint density at radius 3 is 2.89 bits per heavy atom. The van der Waals surface area contributed by atoms with Crippen LogP contribution in [0, 0.1) is 17.2 Å². The van der Waals surface area contributed by atoms with Crippen molar-refractivity contribution in [1.82, 2.24) is 0 Å². The number of carboxylic acids is 1. The smallest absolute Gasteiger partial charge is 0.306 e. The van der Waals surface area contributed by atoms with Gasteiger partial charge in [0.15, 0.2) is 0 Å². The Bertz CT molecular complexity index is 510. The summed E-state index contributed by atoms with van der Waals surface area (Å²) in [6, 6.07) is 7.27. The highest BCUT2D eigenvalue weighted by Gasteiger charge is 2.29. The number of anilines is 1. The van der Waals surface area contributed by atoms with Gasteiger partial charge in [0.25, 0.3) is 0 Å². The Hall–Kier alpha value is -1.73. The minimum Gasteiger partial charge on any atom is -0.481 e. The fraction of sp³-hybridized carbons (Fsp3) is 0.385. The SMILES string of the molecule is N#Cc1cc(Cl)ccc1NC1CCC(C(=O)O)C1. The average Bonchev–Trinajstić information content (AvgIpc) is 2.80. The van der Waals surface area contributed by atoms with E-state index in [9.17, 15) is 4.79 Å². The van der Waals surface area contributed by atoms with Gasteiger partial charge in [-0.2, -0.15) is 5.26 Å². The van der Waals surface area contributed by atoms with Crippen molar-refractivity contribution in [1.29, 1.82) is 5.26 Å². The maximum atomic E-state index is 10.9. The highest BCUT2D eigenvalue weighted by atomic mass is 35.5. The Morgan fingerprint density at radius 1 is 1.50 bits per heavy atom. The number of halogens is 1. The van der Waals surface area contributed by atoms with E-state index in [4.69, 9.17) is 22.0 Å². The van der Waals surface area contributed by atoms with Crippen LogP contribution in [0.25, 0.3) is 0 Å². The number of nitriles is 1. The number of hydrogen-bond acceptors (Lipinski definition) is 3. The number of nitrogens with one attached hydrogen (secondary N) is 1. The fourth-order valence-electron chi connectivity index (χ4n) is 2.29. The molecule has 0 aromatic heterocycles. The minimum absolute atomic E-state index is 0.111. The van der Waals surface area contributed by atoms with Gasteiger partial charge in [0.1, 0.15) is 6.07 Å². The largest absolute Gasteiger partial charge is 0.481 e. The molecule has 0 amide bonds. The van der Waals surface area contributed by atoms with Crippen LogP contribution in [0.1, 0.15) is 24.8 Å². The van der Waals surface area contributed by atoms with E-state index in [0.29, 0.717) is 23.4 Å². The molecule has 1 saturated carbocycles. The van der Waals surface area contributed by atoms with Gasteiger partial charge in [-0.05, 0) is 37.5 Å². The van der Waals surface area contributed by atoms with Crippen LogP contribution in [0.5, 0.6) is 0 Å². The summed E-state index contributed by atoms with van der Waals surface area (Å²) in [5.41, 5.74) is 1.21. The van der Waals surface area contributed by atoms with E-state index in [1.807, 2.05) is 0 Å². The van der Waals surface area contributed by atoms with E-state index >= 15 is 0 Å². The summed E-state index contributed by atoms with van der Waals surface area (Å²) in [6.07, 6.45) is 2.09. The van der Waals surface area contributed by atoms with Crippen molar-refractivity contribution in [3.8, 4) is 6.07 Å². The molecule has 5 heteroatoms. The molecule has 94 valence electrons. The first-order valence-corrected chi connectivity index (χ1v) is 6.17. The molecule has 2 N–H and O–H groups in total. The number of carbonyl (C=O) groups is 1. The van der Waals surface area contributed by atoms with Gasteiger partial charge in [0.2, 0.25) is 0 Å². The van der Waals surface area contributed by atoms with Gasteiger partial charge in [-0.3, -0.25) is 4.79 Å². The van der Waals surface area contributed by atoms with Crippen LogP contribution in [-0.2, 0) is 4.79 Å². The van der Waals surface area contributed by atoms with Crippen LogP contribution in [0.2, 0.25) is 5.02 Å². The first-order chi connectivity index (χ1) is 8.60. The van der Waals surface area contributed by atoms with Crippen molar-refractivity contribution in [2.75, 3.05) is 5.32 Å². The molecule has 4 nitrogen and oxygen atoms in total. The topological polar surface area (TPSA) is 73.1 Å². The maximum absolute atomic E-state index is 10.9. The molecule has 1 fully saturated rings. The highest BCUT2D eigenvalue weighted by Crippen LogP contribution is 2.29. The lowest BCUT2D eigenvalue weighted by Crippen LogP contribution is -2.18. The molecular weight excluding hydrogens is 252 g/mol. The second kappa shape index (κ2) is 5.28. The molecule has 0 aliphatic heterocycles. The van der Waals surface area contributed by atoms with Crippen molar-refractivity contribution < 1.29 is 9.90 Å². The molecule has 0 heterocycles. The number of benzene rings is 1. The average molecular weight is 265 g/mol. The molecule has 0 spiro atoms. The molecule has 0 bridgehead atoms. The fourth-order valence-corrected chi connectivity index (χ4v) is 2.46. The van der Waals surface area contributed by atoms with Crippen molar-refractivity contribution in [3.63, 3.8) is 0 Å². The quantitative estimate of drug-likeness (QED) is 0.880. The summed E-state index contributed by atoms with van der Waals surface area (Å²) in [5, 5.41) is 21.7. The van der Waals surface area contributed by atoms with Crippen molar-refractivity contribution >= 4 is 23.3 Å². The lowest BCUT2D eigenvalue weighted by atomic mass is 10.1. The molecule has 2 rings (SSSR count). The number of nitrogens with zero attached hydrogens (tertiary/aromatic N) is 1. The standard InChI is InChI=1S/C13H13ClN2O2/c14-10-2-4-12(9(5-10)7-15)16-11-3-1-8(6-11)13(17)18/h2,4-5,8,11,16H,1,3,6H2,(H,17,18). The van der Waals surface area contributed by atoms with Crippen LogP contribution in [0.4, 0.5) is 5.69 Å². The molecule has 1 aliphatic carbocycles. The van der Waals surface area contributed by atoms with E-state index in [2.05, 4.69) is 11.4 Å². The van der Waals surface area contributed by atoms with E-state index in [1.54, 1.807) is 18.2 Å². The zero-order chi connectivity index (χ0) is 13.1. The molecular formula is C13H13ClN2O2. The van der Waals surface area contributed by atoms with Crippen LogP contribution in [0.15, 0.2) is 18.2 Å². The maximum Gasteiger partial charge on any atom is 0.306 e. The van der Waals surface area contributed by atoms with Crippen molar-refractivity contribution in [3.05, 3.63) is 28.8 Å². The molecule has 1 aromatic carbocycles. The van der Waals surface area contributed by atoms with E-state index < -0.39 is 5.97 Å². The monoisotopic (exact) mass is 264 g/mol. The second-order valence-corrected chi connectivity index (χ2v) is 4.93. The molecule has 1 aromatic rings. The number of rotatable bonds is 3. The summed E-state index contributed by atoms with van der Waals surface area (Å²) < 4.78 is 0. The molecule has 2 unspecified atom stereocenters. The summed E-state index contributed by atoms with van der Waals surface area (Å²) in [4.78, 5) is 10.9. The third-order valence-corrected chi connectivity index (χ3v) is 3.48. The third-order valence-electron chi connectivity index (χ3n) is 3.24. The number of carboxylic acid groups (broad SMARTS) is 1. The Morgan fingerprint density at radius 2 is 2.28 bits per heavy atom. The van der Waals surface area contributed by atoms with E-state index in [-0.39, 0.29) is 12.0 Å². The first kappa shape index (κ1) is 12.7. The van der Waals surface area contributed by atoms with Gasteiger partial charge in [-0.25, -0.2) is 0 Å². The Balaban J connectivity index is 2.07. The number of aliphatic carboxylic acids is 1. The van der Waals surface area contributed by atoms with Crippen LogP contribution < -0.4 is 5.32 Å². The van der Waals surface area contributed by atoms with Crippen LogP contribution in [-0.4, -0.2) is 17.1 Å². The van der Waals surface area contributed by atoms with Crippen molar-refractivity contribution in [2.45, 2.75) is 25.3 Å². The first-order valence-electron chi connectivity index (χ1n) is 5.79. The summed E-state index contributed by atoms with van der Waals surface area (Å²) in [5.74, 6) is -1.02. The predicted molar refractivity (Wildman–Crippen MR) is 68.6 cm³/mol. The normalized spacial score (nSPS) is 22.4. The number of hydrogen-bond donors (Lipinski definition) is 2. The molecule has 2 atom stereocenters. The molecule has 18 heavy (non-hydrogen) atoms.